The molecule has 0 radical (unpaired) electrons. The molecule has 0 saturated carbocycles. The number of sulfonamides is 1. The summed E-state index contributed by atoms with van der Waals surface area (Å²) < 4.78 is 31.0. The summed E-state index contributed by atoms with van der Waals surface area (Å²) in [6.07, 6.45) is 0.393. The summed E-state index contributed by atoms with van der Waals surface area (Å²) in [6.45, 7) is 2.68. The predicted molar refractivity (Wildman–Crippen MR) is 91.4 cm³/mol. The molecule has 0 unspecified atom stereocenters. The van der Waals surface area contributed by atoms with E-state index in [0.29, 0.717) is 10.7 Å². The summed E-state index contributed by atoms with van der Waals surface area (Å²) >= 11 is 0. The van der Waals surface area contributed by atoms with Crippen LogP contribution < -0.4 is 5.73 Å². The maximum absolute atomic E-state index is 13.0. The molecule has 0 aliphatic rings. The molecule has 0 bridgehead atoms. The highest BCUT2D eigenvalue weighted by Gasteiger charge is 2.42. The number of nitro groups is 1. The van der Waals surface area contributed by atoms with Gasteiger partial charge < -0.3 is 10.5 Å². The lowest BCUT2D eigenvalue weighted by molar-refractivity contribution is -0.384. The summed E-state index contributed by atoms with van der Waals surface area (Å²) in [6, 6.07) is 2.58. The summed E-state index contributed by atoms with van der Waals surface area (Å²) in [7, 11) is -3.40. The van der Waals surface area contributed by atoms with Crippen molar-refractivity contribution in [3.63, 3.8) is 0 Å². The molecule has 0 saturated heterocycles. The van der Waals surface area contributed by atoms with Crippen LogP contribution in [0.1, 0.15) is 20.3 Å². The van der Waals surface area contributed by atoms with Crippen molar-refractivity contribution in [2.75, 3.05) is 13.7 Å². The molecule has 0 aromatic heterocycles. The Morgan fingerprint density at radius 1 is 1.31 bits per heavy atom. The number of benzene rings is 1. The summed E-state index contributed by atoms with van der Waals surface area (Å²) in [5.41, 5.74) is 5.02. The number of nitrogens with two attached hydrogens (primary N) is 1. The van der Waals surface area contributed by atoms with E-state index < -0.39 is 45.3 Å². The van der Waals surface area contributed by atoms with Gasteiger partial charge in [0.1, 0.15) is 6.04 Å². The average molecular weight is 387 g/mol. The first kappa shape index (κ1) is 21.5. The molecule has 0 aliphatic carbocycles. The predicted octanol–water partition coefficient (Wildman–Crippen LogP) is 0.659. The van der Waals surface area contributed by atoms with Gasteiger partial charge in [-0.1, -0.05) is 20.3 Å². The molecule has 26 heavy (non-hydrogen) atoms. The summed E-state index contributed by atoms with van der Waals surface area (Å²) in [5, 5.41) is 10.7. The number of carbonyl (C=O) groups excluding carboxylic acids is 2. The van der Waals surface area contributed by atoms with Gasteiger partial charge in [-0.25, -0.2) is 17.5 Å². The molecule has 144 valence electrons. The number of nitrogens with zero attached hydrogens (tertiary/aromatic N) is 2. The van der Waals surface area contributed by atoms with E-state index in [1.54, 1.807) is 13.8 Å². The zero-order chi connectivity index (χ0) is 20.1. The minimum Gasteiger partial charge on any atom is -0.467 e. The number of rotatable bonds is 8. The monoisotopic (exact) mass is 387 g/mol. The minimum absolute atomic E-state index is 0.313. The maximum atomic E-state index is 13.0. The summed E-state index contributed by atoms with van der Waals surface area (Å²) in [5.74, 6) is -2.42. The van der Waals surface area contributed by atoms with Gasteiger partial charge in [0.25, 0.3) is 21.6 Å². The average Bonchev–Trinajstić information content (AvgIpc) is 2.63. The number of hydrogen-bond acceptors (Lipinski definition) is 8. The maximum Gasteiger partial charge on any atom is 0.330 e. The third-order valence-electron chi connectivity index (χ3n) is 3.90. The highest BCUT2D eigenvalue weighted by atomic mass is 32.2. The Kier molecular flexibility index (Phi) is 7.21. The van der Waals surface area contributed by atoms with Crippen molar-refractivity contribution < 1.29 is 27.7 Å². The fourth-order valence-electron chi connectivity index (χ4n) is 2.29. The van der Waals surface area contributed by atoms with Crippen molar-refractivity contribution in [2.45, 2.75) is 31.2 Å². The Morgan fingerprint density at radius 3 is 2.23 bits per heavy atom. The fourth-order valence-corrected chi connectivity index (χ4v) is 3.93. The Labute approximate surface area is 151 Å². The molecule has 1 rings (SSSR count). The van der Waals surface area contributed by atoms with Gasteiger partial charge in [0.15, 0.2) is 0 Å². The minimum atomic E-state index is -4.48. The van der Waals surface area contributed by atoms with E-state index in [1.165, 1.54) is 0 Å². The van der Waals surface area contributed by atoms with Crippen molar-refractivity contribution in [1.29, 1.82) is 0 Å². The quantitative estimate of drug-likeness (QED) is 0.388. The van der Waals surface area contributed by atoms with E-state index in [1.807, 2.05) is 0 Å². The highest BCUT2D eigenvalue weighted by Crippen LogP contribution is 2.26. The molecule has 0 spiro atoms. The molecule has 11 heteroatoms. The molecule has 1 aromatic carbocycles. The lowest BCUT2D eigenvalue weighted by atomic mass is 9.99. The van der Waals surface area contributed by atoms with Gasteiger partial charge in [0, 0.05) is 12.1 Å². The number of non-ortho nitro benzene ring substituents is 1. The molecule has 1 aromatic rings. The molecule has 10 nitrogen and oxygen atoms in total. The Morgan fingerprint density at radius 2 is 1.85 bits per heavy atom. The van der Waals surface area contributed by atoms with Crippen LogP contribution in [0.15, 0.2) is 29.2 Å². The second-order valence-electron chi connectivity index (χ2n) is 5.50. The first-order valence-electron chi connectivity index (χ1n) is 7.71. The largest absolute Gasteiger partial charge is 0.467 e. The standard InChI is InChI=1S/C15H21N3O7S/c1-4-10(2)14(15(20)25-3)17(13(19)9-16)26(23,24)12-7-5-11(6-8-12)18(21)22/h5-8,10,14H,4,9,16H2,1-3H3/t10-,14-/m0/s1. The van der Waals surface area contributed by atoms with Crippen LogP contribution in [-0.4, -0.2) is 49.2 Å². The number of ether oxygens (including phenoxy) is 1. The van der Waals surface area contributed by atoms with Crippen LogP contribution in [0.4, 0.5) is 5.69 Å². The molecule has 0 fully saturated rings. The number of hydrogen-bond donors (Lipinski definition) is 1. The van der Waals surface area contributed by atoms with Crippen LogP contribution in [0.25, 0.3) is 0 Å². The zero-order valence-electron chi connectivity index (χ0n) is 14.6. The third kappa shape index (κ3) is 4.35. The van der Waals surface area contributed by atoms with Crippen LogP contribution in [0.5, 0.6) is 0 Å². The molecule has 2 atom stereocenters. The Bertz CT molecular complexity index is 777. The number of esters is 1. The first-order valence-corrected chi connectivity index (χ1v) is 9.15. The third-order valence-corrected chi connectivity index (χ3v) is 5.72. The normalized spacial score (nSPS) is 13.5. The van der Waals surface area contributed by atoms with Gasteiger partial charge in [-0.2, -0.15) is 0 Å². The van der Waals surface area contributed by atoms with Crippen LogP contribution in [0.2, 0.25) is 0 Å². The van der Waals surface area contributed by atoms with Crippen LogP contribution in [0, 0.1) is 16.0 Å². The molecular weight excluding hydrogens is 366 g/mol. The summed E-state index contributed by atoms with van der Waals surface area (Å²) in [4.78, 5) is 34.2. The van der Waals surface area contributed by atoms with Crippen molar-refractivity contribution in [1.82, 2.24) is 4.31 Å². The van der Waals surface area contributed by atoms with Gasteiger partial charge in [-0.05, 0) is 18.1 Å². The number of carbonyl (C=O) groups is 2. The molecule has 1 amide bonds. The smallest absolute Gasteiger partial charge is 0.330 e. The highest BCUT2D eigenvalue weighted by molar-refractivity contribution is 7.89. The SMILES string of the molecule is CC[C@H](C)[C@@H](C(=O)OC)N(C(=O)CN)S(=O)(=O)c1ccc([N+](=O)[O-])cc1. The van der Waals surface area contributed by atoms with E-state index in [2.05, 4.69) is 4.74 Å². The van der Waals surface area contributed by atoms with Crippen LogP contribution >= 0.6 is 0 Å². The van der Waals surface area contributed by atoms with E-state index in [0.717, 1.165) is 31.4 Å². The second kappa shape index (κ2) is 8.72. The van der Waals surface area contributed by atoms with Crippen LogP contribution in [0.3, 0.4) is 0 Å². The van der Waals surface area contributed by atoms with Gasteiger partial charge in [-0.3, -0.25) is 14.9 Å². The van der Waals surface area contributed by atoms with Gasteiger partial charge in [0.2, 0.25) is 0 Å². The van der Waals surface area contributed by atoms with E-state index in [-0.39, 0.29) is 10.6 Å². The molecule has 2 N–H and O–H groups in total. The van der Waals surface area contributed by atoms with Crippen molar-refractivity contribution in [3.8, 4) is 0 Å². The first-order chi connectivity index (χ1) is 12.1. The fraction of sp³-hybridized carbons (Fsp3) is 0.467. The van der Waals surface area contributed by atoms with E-state index in [4.69, 9.17) is 5.73 Å². The topological polar surface area (TPSA) is 150 Å². The lowest BCUT2D eigenvalue weighted by Gasteiger charge is -2.32. The van der Waals surface area contributed by atoms with E-state index in [9.17, 15) is 28.1 Å². The zero-order valence-corrected chi connectivity index (χ0v) is 15.4. The second-order valence-corrected chi connectivity index (χ2v) is 7.32. The van der Waals surface area contributed by atoms with Gasteiger partial charge in [-0.15, -0.1) is 0 Å². The number of nitro benzene ring substituents is 1. The lowest BCUT2D eigenvalue weighted by Crippen LogP contribution is -2.53. The van der Waals surface area contributed by atoms with Crippen LogP contribution in [-0.2, 0) is 24.3 Å². The van der Waals surface area contributed by atoms with Crippen molar-refractivity contribution >= 4 is 27.6 Å². The number of amides is 1. The Balaban J connectivity index is 3.52. The van der Waals surface area contributed by atoms with E-state index >= 15 is 0 Å². The van der Waals surface area contributed by atoms with Crippen molar-refractivity contribution in [2.24, 2.45) is 11.7 Å². The van der Waals surface area contributed by atoms with Gasteiger partial charge >= 0.3 is 5.97 Å². The molecular formula is C15H21N3O7S. The van der Waals surface area contributed by atoms with Crippen molar-refractivity contribution in [3.05, 3.63) is 34.4 Å². The molecule has 0 aliphatic heterocycles. The number of methoxy groups -OCH3 is 1. The van der Waals surface area contributed by atoms with Gasteiger partial charge in [0.05, 0.1) is 23.5 Å². The Hall–Kier alpha value is -2.53. The molecule has 0 heterocycles.